The predicted octanol–water partition coefficient (Wildman–Crippen LogP) is 7.19. The van der Waals surface area contributed by atoms with Crippen molar-refractivity contribution in [3.63, 3.8) is 0 Å². The number of fused-ring (bicyclic) bond motifs is 2. The summed E-state index contributed by atoms with van der Waals surface area (Å²) in [6.45, 7) is 2.03. The van der Waals surface area contributed by atoms with Gasteiger partial charge in [0.25, 0.3) is 5.91 Å². The summed E-state index contributed by atoms with van der Waals surface area (Å²) in [5.41, 5.74) is 1.96. The second-order valence-electron chi connectivity index (χ2n) is 8.50. The molecule has 0 fully saturated rings. The van der Waals surface area contributed by atoms with Crippen molar-refractivity contribution in [3.05, 3.63) is 95.4 Å². The van der Waals surface area contributed by atoms with E-state index in [9.17, 15) is 22.8 Å². The van der Waals surface area contributed by atoms with E-state index in [1.807, 2.05) is 25.1 Å². The van der Waals surface area contributed by atoms with Gasteiger partial charge in [0.1, 0.15) is 16.9 Å². The van der Waals surface area contributed by atoms with Crippen molar-refractivity contribution in [2.75, 3.05) is 10.6 Å². The number of rotatable bonds is 6. The number of furan rings is 2. The largest absolute Gasteiger partial charge is 0.464 e. The van der Waals surface area contributed by atoms with Crippen LogP contribution in [0, 0.1) is 0 Å². The first kappa shape index (κ1) is 24.2. The molecule has 0 bridgehead atoms. The number of halogens is 3. The number of para-hydroxylation sites is 1. The fourth-order valence-corrected chi connectivity index (χ4v) is 4.13. The highest BCUT2D eigenvalue weighted by Crippen LogP contribution is 2.34. The van der Waals surface area contributed by atoms with Gasteiger partial charge in [-0.1, -0.05) is 31.2 Å². The van der Waals surface area contributed by atoms with Gasteiger partial charge in [-0.25, -0.2) is 0 Å². The lowest BCUT2D eigenvalue weighted by molar-refractivity contribution is -0.137. The van der Waals surface area contributed by atoms with Crippen LogP contribution in [0.2, 0.25) is 0 Å². The van der Waals surface area contributed by atoms with Crippen molar-refractivity contribution in [1.29, 1.82) is 0 Å². The smallest absolute Gasteiger partial charge is 0.416 e. The van der Waals surface area contributed by atoms with Gasteiger partial charge in [-0.05, 0) is 54.4 Å². The quantitative estimate of drug-likeness (QED) is 0.255. The standard InChI is InChI=1S/C28H21F3N2O4/c1-2-16-10-11-22-21(12-16)17(15-36-22)13-24(34)33-25-20-8-3-4-9-23(20)37-26(25)27(35)32-19-7-5-6-18(14-19)28(29,30)31/h3-12,14-15H,2,13H2,1H3,(H,32,35)(H,33,34). The summed E-state index contributed by atoms with van der Waals surface area (Å²) in [5.74, 6) is -1.44. The zero-order chi connectivity index (χ0) is 26.2. The topological polar surface area (TPSA) is 84.5 Å². The van der Waals surface area contributed by atoms with Gasteiger partial charge in [0.2, 0.25) is 11.7 Å². The molecule has 0 unspecified atom stereocenters. The van der Waals surface area contributed by atoms with Crippen molar-refractivity contribution in [2.45, 2.75) is 25.9 Å². The van der Waals surface area contributed by atoms with Crippen molar-refractivity contribution >= 4 is 45.1 Å². The highest BCUT2D eigenvalue weighted by molar-refractivity contribution is 6.14. The van der Waals surface area contributed by atoms with Gasteiger partial charge in [0.15, 0.2) is 0 Å². The molecule has 0 aliphatic carbocycles. The van der Waals surface area contributed by atoms with Gasteiger partial charge >= 0.3 is 6.18 Å². The van der Waals surface area contributed by atoms with Crippen LogP contribution >= 0.6 is 0 Å². The lowest BCUT2D eigenvalue weighted by Crippen LogP contribution is -2.18. The molecule has 0 spiro atoms. The number of hydrogen-bond acceptors (Lipinski definition) is 4. The molecule has 37 heavy (non-hydrogen) atoms. The molecule has 6 nitrogen and oxygen atoms in total. The molecule has 5 rings (SSSR count). The molecule has 0 saturated carbocycles. The fraction of sp³-hybridized carbons (Fsp3) is 0.143. The van der Waals surface area contributed by atoms with Crippen LogP contribution in [0.5, 0.6) is 0 Å². The number of hydrogen-bond donors (Lipinski definition) is 2. The average Bonchev–Trinajstić information content (AvgIpc) is 3.44. The summed E-state index contributed by atoms with van der Waals surface area (Å²) >= 11 is 0. The summed E-state index contributed by atoms with van der Waals surface area (Å²) in [5, 5.41) is 6.49. The highest BCUT2D eigenvalue weighted by atomic mass is 19.4. The molecule has 188 valence electrons. The molecule has 0 radical (unpaired) electrons. The number of alkyl halides is 3. The van der Waals surface area contributed by atoms with Crippen molar-refractivity contribution in [1.82, 2.24) is 0 Å². The van der Waals surface area contributed by atoms with Gasteiger partial charge in [-0.2, -0.15) is 13.2 Å². The molecule has 0 saturated heterocycles. The van der Waals surface area contributed by atoms with Crippen LogP contribution in [0.4, 0.5) is 24.5 Å². The third-order valence-electron chi connectivity index (χ3n) is 5.99. The van der Waals surface area contributed by atoms with Crippen molar-refractivity contribution < 1.29 is 31.6 Å². The first-order valence-electron chi connectivity index (χ1n) is 11.5. The molecule has 2 N–H and O–H groups in total. The summed E-state index contributed by atoms with van der Waals surface area (Å²) in [4.78, 5) is 26.1. The van der Waals surface area contributed by atoms with Crippen molar-refractivity contribution in [3.8, 4) is 0 Å². The van der Waals surface area contributed by atoms with Crippen LogP contribution in [-0.4, -0.2) is 11.8 Å². The van der Waals surface area contributed by atoms with Crippen LogP contribution in [0.3, 0.4) is 0 Å². The van der Waals surface area contributed by atoms with E-state index in [1.165, 1.54) is 18.4 Å². The van der Waals surface area contributed by atoms with Gasteiger partial charge in [0.05, 0.1) is 18.2 Å². The number of aryl methyl sites for hydroxylation is 1. The molecule has 2 heterocycles. The number of nitrogens with one attached hydrogen (secondary N) is 2. The molecule has 0 aliphatic heterocycles. The summed E-state index contributed by atoms with van der Waals surface area (Å²) in [6.07, 6.45) is -2.22. The minimum Gasteiger partial charge on any atom is -0.464 e. The Bertz CT molecular complexity index is 1630. The summed E-state index contributed by atoms with van der Waals surface area (Å²) in [7, 11) is 0. The van der Waals surface area contributed by atoms with Crippen LogP contribution in [0.15, 0.2) is 81.8 Å². The maximum atomic E-state index is 13.1. The minimum atomic E-state index is -4.56. The third kappa shape index (κ3) is 4.93. The van der Waals surface area contributed by atoms with Gasteiger partial charge in [-0.3, -0.25) is 9.59 Å². The Morgan fingerprint density at radius 3 is 2.49 bits per heavy atom. The maximum absolute atomic E-state index is 13.1. The van der Waals surface area contributed by atoms with Gasteiger partial charge in [0, 0.05) is 22.0 Å². The molecule has 5 aromatic rings. The number of benzene rings is 3. The van der Waals surface area contributed by atoms with E-state index >= 15 is 0 Å². The second-order valence-corrected chi connectivity index (χ2v) is 8.50. The number of carbonyl (C=O) groups is 2. The third-order valence-corrected chi connectivity index (χ3v) is 5.99. The first-order chi connectivity index (χ1) is 17.7. The number of carbonyl (C=O) groups excluding carboxylic acids is 2. The van der Waals surface area contributed by atoms with E-state index in [1.54, 1.807) is 24.3 Å². The zero-order valence-electron chi connectivity index (χ0n) is 19.6. The molecular formula is C28H21F3N2O4. The highest BCUT2D eigenvalue weighted by Gasteiger charge is 2.31. The van der Waals surface area contributed by atoms with Crippen LogP contribution in [0.1, 0.15) is 34.2 Å². The Kier molecular flexibility index (Phi) is 6.20. The molecule has 2 aromatic heterocycles. The van der Waals surface area contributed by atoms with E-state index in [2.05, 4.69) is 10.6 Å². The van der Waals surface area contributed by atoms with E-state index in [4.69, 9.17) is 8.83 Å². The SMILES string of the molecule is CCc1ccc2occ(CC(=O)Nc3c(C(=O)Nc4cccc(C(F)(F)F)c4)oc4ccccc34)c2c1. The van der Waals surface area contributed by atoms with Crippen LogP contribution in [0.25, 0.3) is 21.9 Å². The van der Waals surface area contributed by atoms with Crippen LogP contribution in [-0.2, 0) is 23.8 Å². The fourth-order valence-electron chi connectivity index (χ4n) is 4.13. The average molecular weight is 506 g/mol. The van der Waals surface area contributed by atoms with Crippen LogP contribution < -0.4 is 10.6 Å². The Morgan fingerprint density at radius 1 is 0.892 bits per heavy atom. The Balaban J connectivity index is 1.43. The summed E-state index contributed by atoms with van der Waals surface area (Å²) in [6, 6.07) is 16.8. The Morgan fingerprint density at radius 2 is 1.70 bits per heavy atom. The first-order valence-corrected chi connectivity index (χ1v) is 11.5. The lowest BCUT2D eigenvalue weighted by atomic mass is 10.1. The van der Waals surface area contributed by atoms with E-state index in [0.717, 1.165) is 29.5 Å². The molecular weight excluding hydrogens is 485 g/mol. The molecule has 9 heteroatoms. The van der Waals surface area contributed by atoms with Crippen molar-refractivity contribution in [2.24, 2.45) is 0 Å². The monoisotopic (exact) mass is 506 g/mol. The molecule has 3 aromatic carbocycles. The van der Waals surface area contributed by atoms with E-state index in [-0.39, 0.29) is 23.6 Å². The Hall–Kier alpha value is -4.53. The molecule has 0 atom stereocenters. The van der Waals surface area contributed by atoms with E-state index < -0.39 is 23.6 Å². The minimum absolute atomic E-state index is 0.0195. The van der Waals surface area contributed by atoms with Gasteiger partial charge in [-0.15, -0.1) is 0 Å². The predicted molar refractivity (Wildman–Crippen MR) is 134 cm³/mol. The normalized spacial score (nSPS) is 11.7. The zero-order valence-corrected chi connectivity index (χ0v) is 19.6. The number of anilines is 2. The number of amides is 2. The second kappa shape index (κ2) is 9.50. The van der Waals surface area contributed by atoms with E-state index in [0.29, 0.717) is 22.1 Å². The maximum Gasteiger partial charge on any atom is 0.416 e. The lowest BCUT2D eigenvalue weighted by Gasteiger charge is -2.10. The molecule has 0 aliphatic rings. The molecule has 2 amide bonds. The Labute approximate surface area is 209 Å². The van der Waals surface area contributed by atoms with Gasteiger partial charge < -0.3 is 19.5 Å². The summed E-state index contributed by atoms with van der Waals surface area (Å²) < 4.78 is 50.5.